The summed E-state index contributed by atoms with van der Waals surface area (Å²) in [7, 11) is 0. The number of rotatable bonds is 3. The normalized spacial score (nSPS) is 11.5. The van der Waals surface area contributed by atoms with E-state index < -0.39 is 11.7 Å². The lowest BCUT2D eigenvalue weighted by Gasteiger charge is -2.12. The summed E-state index contributed by atoms with van der Waals surface area (Å²) in [4.78, 5) is 0. The van der Waals surface area contributed by atoms with E-state index in [0.717, 1.165) is 29.8 Å². The van der Waals surface area contributed by atoms with Gasteiger partial charge >= 0.3 is 6.18 Å². The van der Waals surface area contributed by atoms with Gasteiger partial charge in [0.15, 0.2) is 5.82 Å². The molecule has 1 aromatic heterocycles. The van der Waals surface area contributed by atoms with Gasteiger partial charge in [0.05, 0.1) is 11.3 Å². The Kier molecular flexibility index (Phi) is 4.16. The van der Waals surface area contributed by atoms with E-state index in [4.69, 9.17) is 0 Å². The molecule has 0 unspecified atom stereocenters. The number of nitrogens with one attached hydrogen (secondary N) is 1. The average Bonchev–Trinajstić information content (AvgIpc) is 2.44. The third-order valence-electron chi connectivity index (χ3n) is 3.35. The number of hydrogen-bond donors (Lipinski definition) is 1. The van der Waals surface area contributed by atoms with Gasteiger partial charge in [-0.2, -0.15) is 13.2 Å². The van der Waals surface area contributed by atoms with Gasteiger partial charge < -0.3 is 5.32 Å². The number of hydrogen-bond acceptors (Lipinski definition) is 3. The maximum Gasteiger partial charge on any atom is 0.416 e. The molecule has 6 heteroatoms. The molecular weight excluding hydrogens is 279 g/mol. The third-order valence-corrected chi connectivity index (χ3v) is 3.35. The van der Waals surface area contributed by atoms with Gasteiger partial charge in [-0.05, 0) is 44.0 Å². The van der Waals surface area contributed by atoms with Gasteiger partial charge in [-0.3, -0.25) is 0 Å². The third kappa shape index (κ3) is 3.15. The van der Waals surface area contributed by atoms with Crippen LogP contribution in [0.1, 0.15) is 23.6 Å². The molecule has 1 heterocycles. The summed E-state index contributed by atoms with van der Waals surface area (Å²) >= 11 is 0. The summed E-state index contributed by atoms with van der Waals surface area (Å²) in [5, 5.41) is 11.3. The molecular formula is C15H16F3N3. The minimum atomic E-state index is -4.33. The summed E-state index contributed by atoms with van der Waals surface area (Å²) in [6.07, 6.45) is -4.33. The zero-order valence-electron chi connectivity index (χ0n) is 12.0. The molecule has 0 spiro atoms. The van der Waals surface area contributed by atoms with E-state index >= 15 is 0 Å². The van der Waals surface area contributed by atoms with Gasteiger partial charge in [0, 0.05) is 12.1 Å². The van der Waals surface area contributed by atoms with Crippen molar-refractivity contribution < 1.29 is 13.2 Å². The summed E-state index contributed by atoms with van der Waals surface area (Å²) in [6.45, 7) is 6.49. The van der Waals surface area contributed by atoms with Crippen molar-refractivity contribution in [2.24, 2.45) is 0 Å². The molecule has 0 aliphatic heterocycles. The Morgan fingerprint density at radius 3 is 2.14 bits per heavy atom. The first-order valence-corrected chi connectivity index (χ1v) is 6.60. The monoisotopic (exact) mass is 295 g/mol. The van der Waals surface area contributed by atoms with Crippen LogP contribution in [0, 0.1) is 13.8 Å². The highest BCUT2D eigenvalue weighted by Gasteiger charge is 2.30. The lowest BCUT2D eigenvalue weighted by atomic mass is 10.0. The Hall–Kier alpha value is -2.11. The Morgan fingerprint density at radius 2 is 1.62 bits per heavy atom. The molecule has 0 fully saturated rings. The highest BCUT2D eigenvalue weighted by molar-refractivity contribution is 5.66. The molecule has 21 heavy (non-hydrogen) atoms. The maximum absolute atomic E-state index is 12.6. The lowest BCUT2D eigenvalue weighted by molar-refractivity contribution is -0.137. The topological polar surface area (TPSA) is 37.8 Å². The summed E-state index contributed by atoms with van der Waals surface area (Å²) in [6, 6.07) is 4.96. The van der Waals surface area contributed by atoms with Crippen LogP contribution in [-0.2, 0) is 6.18 Å². The molecule has 1 N–H and O–H groups in total. The molecule has 112 valence electrons. The Bertz CT molecular complexity index is 634. The molecule has 0 saturated carbocycles. The second-order valence-electron chi connectivity index (χ2n) is 4.75. The Labute approximate surface area is 121 Å². The van der Waals surface area contributed by atoms with Crippen molar-refractivity contribution in [1.82, 2.24) is 10.2 Å². The second kappa shape index (κ2) is 5.71. The minimum absolute atomic E-state index is 0.600. The van der Waals surface area contributed by atoms with Crippen molar-refractivity contribution in [3.05, 3.63) is 41.0 Å². The van der Waals surface area contributed by atoms with Crippen molar-refractivity contribution in [2.75, 3.05) is 11.9 Å². The Morgan fingerprint density at radius 1 is 1.00 bits per heavy atom. The van der Waals surface area contributed by atoms with Crippen molar-refractivity contribution in [1.29, 1.82) is 0 Å². The molecule has 0 bridgehead atoms. The van der Waals surface area contributed by atoms with Crippen LogP contribution in [0.3, 0.4) is 0 Å². The van der Waals surface area contributed by atoms with E-state index in [1.54, 1.807) is 0 Å². The molecule has 0 saturated heterocycles. The van der Waals surface area contributed by atoms with Crippen LogP contribution in [0.15, 0.2) is 24.3 Å². The number of benzene rings is 1. The number of aromatic nitrogens is 2. The van der Waals surface area contributed by atoms with Gasteiger partial charge in [-0.1, -0.05) is 12.1 Å². The fourth-order valence-corrected chi connectivity index (χ4v) is 2.03. The first-order valence-electron chi connectivity index (χ1n) is 6.60. The average molecular weight is 295 g/mol. The second-order valence-corrected chi connectivity index (χ2v) is 4.75. The molecule has 2 rings (SSSR count). The van der Waals surface area contributed by atoms with Gasteiger partial charge in [-0.25, -0.2) is 0 Å². The van der Waals surface area contributed by atoms with Gasteiger partial charge in [0.25, 0.3) is 0 Å². The zero-order chi connectivity index (χ0) is 15.6. The lowest BCUT2D eigenvalue weighted by Crippen LogP contribution is -2.07. The van der Waals surface area contributed by atoms with Crippen LogP contribution >= 0.6 is 0 Å². The number of alkyl halides is 3. The SMILES string of the molecule is CCNc1nnc(-c2ccc(C(F)(F)F)cc2)c(C)c1C. The molecule has 1 aromatic carbocycles. The standard InChI is InChI=1S/C15H16F3N3/c1-4-19-14-10(3)9(2)13(20-21-14)11-5-7-12(8-6-11)15(16,17)18/h5-8H,4H2,1-3H3,(H,19,21). The van der Waals surface area contributed by atoms with Crippen LogP contribution < -0.4 is 5.32 Å². The maximum atomic E-state index is 12.6. The molecule has 3 nitrogen and oxygen atoms in total. The van der Waals surface area contributed by atoms with Gasteiger partial charge in [0.1, 0.15) is 0 Å². The van der Waals surface area contributed by atoms with Crippen LogP contribution in [0.25, 0.3) is 11.3 Å². The predicted octanol–water partition coefficient (Wildman–Crippen LogP) is 4.21. The first-order chi connectivity index (χ1) is 9.84. The molecule has 2 aromatic rings. The van der Waals surface area contributed by atoms with Gasteiger partial charge in [-0.15, -0.1) is 10.2 Å². The van der Waals surface area contributed by atoms with Crippen molar-refractivity contribution in [2.45, 2.75) is 26.9 Å². The quantitative estimate of drug-likeness (QED) is 0.921. The number of nitrogens with zero attached hydrogens (tertiary/aromatic N) is 2. The van der Waals surface area contributed by atoms with E-state index in [1.165, 1.54) is 12.1 Å². The Balaban J connectivity index is 2.41. The molecule has 0 aliphatic carbocycles. The summed E-state index contributed by atoms with van der Waals surface area (Å²) in [5.41, 5.74) is 2.40. The fourth-order valence-electron chi connectivity index (χ4n) is 2.03. The van der Waals surface area contributed by atoms with Crippen molar-refractivity contribution >= 4 is 5.82 Å². The summed E-state index contributed by atoms with van der Waals surface area (Å²) < 4.78 is 37.7. The molecule has 0 radical (unpaired) electrons. The van der Waals surface area contributed by atoms with Crippen molar-refractivity contribution in [3.8, 4) is 11.3 Å². The largest absolute Gasteiger partial charge is 0.416 e. The van der Waals surface area contributed by atoms with E-state index in [0.29, 0.717) is 17.1 Å². The van der Waals surface area contributed by atoms with Gasteiger partial charge in [0.2, 0.25) is 0 Å². The van der Waals surface area contributed by atoms with E-state index in [-0.39, 0.29) is 0 Å². The predicted molar refractivity (Wildman–Crippen MR) is 76.1 cm³/mol. The smallest absolute Gasteiger partial charge is 0.369 e. The fraction of sp³-hybridized carbons (Fsp3) is 0.333. The van der Waals surface area contributed by atoms with E-state index in [1.807, 2.05) is 20.8 Å². The van der Waals surface area contributed by atoms with Crippen LogP contribution in [0.4, 0.5) is 19.0 Å². The highest BCUT2D eigenvalue weighted by Crippen LogP contribution is 2.32. The zero-order valence-corrected chi connectivity index (χ0v) is 12.0. The molecule has 0 amide bonds. The van der Waals surface area contributed by atoms with E-state index in [9.17, 15) is 13.2 Å². The first kappa shape index (κ1) is 15.3. The van der Waals surface area contributed by atoms with Crippen LogP contribution in [-0.4, -0.2) is 16.7 Å². The van der Waals surface area contributed by atoms with E-state index in [2.05, 4.69) is 15.5 Å². The van der Waals surface area contributed by atoms with Crippen LogP contribution in [0.5, 0.6) is 0 Å². The molecule has 0 aliphatic rings. The van der Waals surface area contributed by atoms with Crippen LogP contribution in [0.2, 0.25) is 0 Å². The minimum Gasteiger partial charge on any atom is -0.369 e. The number of anilines is 1. The highest BCUT2D eigenvalue weighted by atomic mass is 19.4. The van der Waals surface area contributed by atoms with Crippen molar-refractivity contribution in [3.63, 3.8) is 0 Å². The summed E-state index contributed by atoms with van der Waals surface area (Å²) in [5.74, 6) is 0.700. The number of halogens is 3. The molecule has 0 atom stereocenters.